The lowest BCUT2D eigenvalue weighted by Gasteiger charge is -2.37. The summed E-state index contributed by atoms with van der Waals surface area (Å²) in [6.07, 6.45) is -4.57. The van der Waals surface area contributed by atoms with Gasteiger partial charge in [0.25, 0.3) is 0 Å². The van der Waals surface area contributed by atoms with Crippen LogP contribution in [0.2, 0.25) is 0 Å². The number of halogens is 3. The lowest BCUT2D eigenvalue weighted by Crippen LogP contribution is -2.51. The molecule has 1 saturated heterocycles. The number of nitrogens with two attached hydrogens (primary N) is 1. The third-order valence-electron chi connectivity index (χ3n) is 6.23. The summed E-state index contributed by atoms with van der Waals surface area (Å²) < 4.78 is 42.8. The summed E-state index contributed by atoms with van der Waals surface area (Å²) in [6, 6.07) is 12.5. The summed E-state index contributed by atoms with van der Waals surface area (Å²) in [5, 5.41) is 12.6. The van der Waals surface area contributed by atoms with Crippen LogP contribution < -0.4 is 16.0 Å². The lowest BCUT2D eigenvalue weighted by atomic mass is 9.95. The molecular weight excluding hydrogens is 455 g/mol. The summed E-state index contributed by atoms with van der Waals surface area (Å²) in [6.45, 7) is 6.74. The van der Waals surface area contributed by atoms with E-state index in [0.29, 0.717) is 0 Å². The molecule has 35 heavy (non-hydrogen) atoms. The molecule has 1 amide bonds. The number of anilines is 1. The number of primary amides is 1. The monoisotopic (exact) mass is 487 g/mol. The van der Waals surface area contributed by atoms with Gasteiger partial charge in [0.05, 0.1) is 18.7 Å². The van der Waals surface area contributed by atoms with E-state index in [-0.39, 0.29) is 17.9 Å². The van der Waals surface area contributed by atoms with Gasteiger partial charge in [-0.25, -0.2) is 0 Å². The molecule has 188 valence electrons. The Hall–Kier alpha value is -3.09. The molecule has 6 nitrogen and oxygen atoms in total. The molecule has 1 fully saturated rings. The first kappa shape index (κ1) is 26.5. The third-order valence-corrected chi connectivity index (χ3v) is 6.23. The highest BCUT2D eigenvalue weighted by Gasteiger charge is 2.47. The second kappa shape index (κ2) is 11.6. The number of amides is 1. The highest BCUT2D eigenvalue weighted by molar-refractivity contribution is 5.80. The fourth-order valence-corrected chi connectivity index (χ4v) is 4.54. The van der Waals surface area contributed by atoms with Gasteiger partial charge in [0.2, 0.25) is 5.91 Å². The Kier molecular flexibility index (Phi) is 8.76. The Balaban J connectivity index is 1.89. The Morgan fingerprint density at radius 2 is 1.63 bits per heavy atom. The Bertz CT molecular complexity index is 1010. The SMILES string of the molecule is CC(C)C[C@@H](C(N)=O)N(CC#N)[C@H](c1ccc(-c2ccc(N3CCNCC3)cc2)cc1)C(F)(F)F. The number of nitriles is 1. The fourth-order valence-electron chi connectivity index (χ4n) is 4.54. The predicted octanol–water partition coefficient (Wildman–Crippen LogP) is 4.09. The zero-order chi connectivity index (χ0) is 25.6. The van der Waals surface area contributed by atoms with Crippen LogP contribution in [0.15, 0.2) is 48.5 Å². The predicted molar refractivity (Wildman–Crippen MR) is 131 cm³/mol. The quantitative estimate of drug-likeness (QED) is 0.521. The van der Waals surface area contributed by atoms with Gasteiger partial charge in [0, 0.05) is 31.9 Å². The van der Waals surface area contributed by atoms with Crippen LogP contribution >= 0.6 is 0 Å². The van der Waals surface area contributed by atoms with Crippen molar-refractivity contribution in [1.29, 1.82) is 5.26 Å². The van der Waals surface area contributed by atoms with Crippen LogP contribution in [0.1, 0.15) is 31.9 Å². The van der Waals surface area contributed by atoms with Crippen LogP contribution in [0.25, 0.3) is 11.1 Å². The van der Waals surface area contributed by atoms with E-state index in [4.69, 9.17) is 5.73 Å². The average Bonchev–Trinajstić information content (AvgIpc) is 2.82. The lowest BCUT2D eigenvalue weighted by molar-refractivity contribution is -0.192. The van der Waals surface area contributed by atoms with Crippen LogP contribution in [0.5, 0.6) is 0 Å². The summed E-state index contributed by atoms with van der Waals surface area (Å²) in [4.78, 5) is 15.3. The van der Waals surface area contributed by atoms with Crippen molar-refractivity contribution in [1.82, 2.24) is 10.2 Å². The molecule has 0 unspecified atom stereocenters. The molecule has 0 saturated carbocycles. The summed E-state index contributed by atoms with van der Waals surface area (Å²) >= 11 is 0. The molecule has 0 aliphatic carbocycles. The number of carbonyl (C=O) groups excluding carboxylic acids is 1. The van der Waals surface area contributed by atoms with Gasteiger partial charge in [-0.3, -0.25) is 9.69 Å². The van der Waals surface area contributed by atoms with Crippen molar-refractivity contribution in [3.63, 3.8) is 0 Å². The maximum Gasteiger partial charge on any atom is 0.408 e. The van der Waals surface area contributed by atoms with Gasteiger partial charge in [-0.15, -0.1) is 0 Å². The van der Waals surface area contributed by atoms with Crippen LogP contribution in [-0.4, -0.2) is 55.7 Å². The number of carbonyl (C=O) groups is 1. The van der Waals surface area contributed by atoms with Gasteiger partial charge in [-0.05, 0) is 41.2 Å². The first-order valence-electron chi connectivity index (χ1n) is 11.8. The number of nitrogens with zero attached hydrogens (tertiary/aromatic N) is 3. The number of nitrogens with one attached hydrogen (secondary N) is 1. The van der Waals surface area contributed by atoms with Crippen molar-refractivity contribution in [2.75, 3.05) is 37.6 Å². The summed E-state index contributed by atoms with van der Waals surface area (Å²) in [5.74, 6) is -0.946. The van der Waals surface area contributed by atoms with Gasteiger partial charge in [0.1, 0.15) is 6.04 Å². The summed E-state index contributed by atoms with van der Waals surface area (Å²) in [5.41, 5.74) is 8.22. The molecule has 0 aromatic heterocycles. The fraction of sp³-hybridized carbons (Fsp3) is 0.462. The highest BCUT2D eigenvalue weighted by atomic mass is 19.4. The standard InChI is InChI=1S/C26H32F3N5O/c1-18(2)17-23(25(31)35)34(14-11-30)24(26(27,28)29)21-5-3-19(4-6-21)20-7-9-22(10-8-20)33-15-12-32-13-16-33/h3-10,18,23-24,32H,12-17H2,1-2H3,(H2,31,35)/t23-,24+/m0/s1. The van der Waals surface area contributed by atoms with Gasteiger partial charge in [-0.1, -0.05) is 50.2 Å². The summed E-state index contributed by atoms with van der Waals surface area (Å²) in [7, 11) is 0. The van der Waals surface area contributed by atoms with Gasteiger partial charge in [0.15, 0.2) is 0 Å². The van der Waals surface area contributed by atoms with E-state index in [9.17, 15) is 23.2 Å². The second-order valence-electron chi connectivity index (χ2n) is 9.23. The maximum atomic E-state index is 14.3. The van der Waals surface area contributed by atoms with E-state index in [2.05, 4.69) is 10.2 Å². The number of alkyl halides is 3. The molecule has 0 bridgehead atoms. The van der Waals surface area contributed by atoms with Gasteiger partial charge >= 0.3 is 6.18 Å². The smallest absolute Gasteiger partial charge is 0.369 e. The van der Waals surface area contributed by atoms with Gasteiger partial charge < -0.3 is 16.0 Å². The molecule has 1 aliphatic heterocycles. The van der Waals surface area contributed by atoms with Crippen molar-refractivity contribution < 1.29 is 18.0 Å². The van der Waals surface area contributed by atoms with E-state index in [0.717, 1.165) is 47.9 Å². The number of benzene rings is 2. The second-order valence-corrected chi connectivity index (χ2v) is 9.23. The van der Waals surface area contributed by atoms with Crippen molar-refractivity contribution in [2.45, 2.75) is 38.5 Å². The molecular formula is C26H32F3N5O. The third kappa shape index (κ3) is 6.74. The molecule has 2 aromatic carbocycles. The normalized spacial score (nSPS) is 16.2. The Morgan fingerprint density at radius 1 is 1.09 bits per heavy atom. The average molecular weight is 488 g/mol. The van der Waals surface area contributed by atoms with Crippen LogP contribution in [0.4, 0.5) is 18.9 Å². The topological polar surface area (TPSA) is 85.4 Å². The number of rotatable bonds is 9. The van der Waals surface area contributed by atoms with E-state index in [1.54, 1.807) is 32.0 Å². The molecule has 0 spiro atoms. The highest BCUT2D eigenvalue weighted by Crippen LogP contribution is 2.40. The van der Waals surface area contributed by atoms with Gasteiger partial charge in [-0.2, -0.15) is 18.4 Å². The minimum absolute atomic E-state index is 0.0380. The molecule has 2 aromatic rings. The first-order chi connectivity index (χ1) is 16.6. The Labute approximate surface area is 204 Å². The van der Waals surface area contributed by atoms with Crippen molar-refractivity contribution in [3.8, 4) is 17.2 Å². The van der Waals surface area contributed by atoms with Crippen molar-refractivity contribution in [2.24, 2.45) is 11.7 Å². The first-order valence-corrected chi connectivity index (χ1v) is 11.8. The van der Waals surface area contributed by atoms with Crippen molar-refractivity contribution in [3.05, 3.63) is 54.1 Å². The van der Waals surface area contributed by atoms with Crippen LogP contribution in [0.3, 0.4) is 0 Å². The Morgan fingerprint density at radius 3 is 2.09 bits per heavy atom. The molecule has 3 rings (SSSR count). The number of hydrogen-bond acceptors (Lipinski definition) is 5. The maximum absolute atomic E-state index is 14.3. The zero-order valence-electron chi connectivity index (χ0n) is 20.1. The van der Waals surface area contributed by atoms with E-state index in [1.807, 2.05) is 24.3 Å². The van der Waals surface area contributed by atoms with Crippen LogP contribution in [0, 0.1) is 17.2 Å². The van der Waals surface area contributed by atoms with Crippen LogP contribution in [-0.2, 0) is 4.79 Å². The van der Waals surface area contributed by atoms with E-state index < -0.39 is 30.7 Å². The molecule has 1 aliphatic rings. The molecule has 9 heteroatoms. The number of piperazine rings is 1. The van der Waals surface area contributed by atoms with Crippen molar-refractivity contribution >= 4 is 11.6 Å². The molecule has 2 atom stereocenters. The zero-order valence-corrected chi connectivity index (χ0v) is 20.1. The number of hydrogen-bond donors (Lipinski definition) is 2. The minimum atomic E-state index is -4.70. The van der Waals surface area contributed by atoms with E-state index >= 15 is 0 Å². The molecule has 0 radical (unpaired) electrons. The molecule has 1 heterocycles. The van der Waals surface area contributed by atoms with E-state index in [1.165, 1.54) is 12.1 Å². The molecule has 3 N–H and O–H groups in total. The minimum Gasteiger partial charge on any atom is -0.369 e. The largest absolute Gasteiger partial charge is 0.408 e.